The Hall–Kier alpha value is -0.960. The Morgan fingerprint density at radius 1 is 1.06 bits per heavy atom. The summed E-state index contributed by atoms with van der Waals surface area (Å²) < 4.78 is 0. The van der Waals surface area contributed by atoms with Crippen LogP contribution in [0.2, 0.25) is 5.02 Å². The molecular formula is C14H14ClNS. The van der Waals surface area contributed by atoms with Gasteiger partial charge in [0.15, 0.2) is 0 Å². The van der Waals surface area contributed by atoms with Crippen molar-refractivity contribution in [3.05, 3.63) is 59.1 Å². The highest BCUT2D eigenvalue weighted by molar-refractivity contribution is 7.99. The van der Waals surface area contributed by atoms with Gasteiger partial charge in [-0.2, -0.15) is 0 Å². The second-order valence-corrected chi connectivity index (χ2v) is 5.43. The zero-order chi connectivity index (χ0) is 12.3. The molecule has 1 unspecified atom stereocenters. The molecule has 0 aliphatic carbocycles. The molecule has 0 amide bonds. The van der Waals surface area contributed by atoms with Crippen LogP contribution < -0.4 is 5.73 Å². The minimum atomic E-state index is 0.0472. The number of rotatable bonds is 3. The van der Waals surface area contributed by atoms with Crippen LogP contribution in [0, 0.1) is 0 Å². The van der Waals surface area contributed by atoms with E-state index in [-0.39, 0.29) is 6.04 Å². The molecule has 0 saturated heterocycles. The first-order valence-electron chi connectivity index (χ1n) is 5.45. The van der Waals surface area contributed by atoms with E-state index in [2.05, 4.69) is 12.1 Å². The van der Waals surface area contributed by atoms with Crippen molar-refractivity contribution in [2.75, 3.05) is 0 Å². The lowest BCUT2D eigenvalue weighted by molar-refractivity contribution is 0.797. The highest BCUT2D eigenvalue weighted by Crippen LogP contribution is 2.33. The zero-order valence-corrected chi connectivity index (χ0v) is 11.1. The van der Waals surface area contributed by atoms with E-state index in [9.17, 15) is 0 Å². The number of nitrogens with two attached hydrogens (primary N) is 1. The second kappa shape index (κ2) is 5.58. The largest absolute Gasteiger partial charge is 0.324 e. The van der Waals surface area contributed by atoms with Gasteiger partial charge in [-0.3, -0.25) is 0 Å². The third kappa shape index (κ3) is 3.25. The summed E-state index contributed by atoms with van der Waals surface area (Å²) in [5, 5.41) is 0.759. The van der Waals surface area contributed by atoms with Crippen LogP contribution in [0.1, 0.15) is 18.5 Å². The van der Waals surface area contributed by atoms with E-state index in [4.69, 9.17) is 17.3 Å². The van der Waals surface area contributed by atoms with E-state index in [1.54, 1.807) is 11.8 Å². The summed E-state index contributed by atoms with van der Waals surface area (Å²) in [6.45, 7) is 2.00. The number of hydrogen-bond acceptors (Lipinski definition) is 2. The summed E-state index contributed by atoms with van der Waals surface area (Å²) in [5.41, 5.74) is 7.13. The molecule has 0 radical (unpaired) electrons. The fourth-order valence-corrected chi connectivity index (χ4v) is 2.75. The van der Waals surface area contributed by atoms with Gasteiger partial charge in [0.1, 0.15) is 0 Å². The predicted octanol–water partition coefficient (Wildman–Crippen LogP) is 4.51. The normalized spacial score (nSPS) is 12.4. The molecule has 3 heteroatoms. The van der Waals surface area contributed by atoms with Crippen LogP contribution in [0.25, 0.3) is 0 Å². The minimum Gasteiger partial charge on any atom is -0.324 e. The van der Waals surface area contributed by atoms with Gasteiger partial charge in [0.2, 0.25) is 0 Å². The molecule has 2 rings (SSSR count). The van der Waals surface area contributed by atoms with Gasteiger partial charge >= 0.3 is 0 Å². The van der Waals surface area contributed by atoms with E-state index >= 15 is 0 Å². The summed E-state index contributed by atoms with van der Waals surface area (Å²) in [6, 6.07) is 16.1. The fraction of sp³-hybridized carbons (Fsp3) is 0.143. The maximum absolute atomic E-state index is 5.96. The van der Waals surface area contributed by atoms with Gasteiger partial charge in [-0.1, -0.05) is 41.6 Å². The van der Waals surface area contributed by atoms with Gasteiger partial charge in [0.05, 0.1) is 0 Å². The summed E-state index contributed by atoms with van der Waals surface area (Å²) in [7, 11) is 0. The summed E-state index contributed by atoms with van der Waals surface area (Å²) in [5.74, 6) is 0. The van der Waals surface area contributed by atoms with Crippen LogP contribution in [0.4, 0.5) is 0 Å². The molecule has 0 spiro atoms. The lowest BCUT2D eigenvalue weighted by Gasteiger charge is -2.11. The zero-order valence-electron chi connectivity index (χ0n) is 9.56. The summed E-state index contributed by atoms with van der Waals surface area (Å²) in [4.78, 5) is 2.37. The smallest absolute Gasteiger partial charge is 0.0406 e. The van der Waals surface area contributed by atoms with Gasteiger partial charge < -0.3 is 5.73 Å². The van der Waals surface area contributed by atoms with E-state index in [0.717, 1.165) is 5.02 Å². The Kier molecular flexibility index (Phi) is 4.11. The fourth-order valence-electron chi connectivity index (χ4n) is 1.58. The van der Waals surface area contributed by atoms with Crippen molar-refractivity contribution in [3.8, 4) is 0 Å². The minimum absolute atomic E-state index is 0.0472. The predicted molar refractivity (Wildman–Crippen MR) is 74.6 cm³/mol. The molecule has 2 aromatic rings. The number of halogens is 1. The number of hydrogen-bond donors (Lipinski definition) is 1. The summed E-state index contributed by atoms with van der Waals surface area (Å²) >= 11 is 7.58. The van der Waals surface area contributed by atoms with Gasteiger partial charge in [-0.05, 0) is 42.8 Å². The van der Waals surface area contributed by atoms with Gasteiger partial charge in [-0.25, -0.2) is 0 Å². The molecule has 0 saturated carbocycles. The van der Waals surface area contributed by atoms with Crippen molar-refractivity contribution in [1.29, 1.82) is 0 Å². The molecule has 0 aromatic heterocycles. The first-order valence-corrected chi connectivity index (χ1v) is 6.64. The molecule has 88 valence electrons. The van der Waals surface area contributed by atoms with Crippen molar-refractivity contribution in [3.63, 3.8) is 0 Å². The van der Waals surface area contributed by atoms with Gasteiger partial charge in [0, 0.05) is 20.9 Å². The average Bonchev–Trinajstić information content (AvgIpc) is 2.32. The Bertz CT molecular complexity index is 494. The van der Waals surface area contributed by atoms with Crippen LogP contribution in [0.3, 0.4) is 0 Å². The number of benzene rings is 2. The highest BCUT2D eigenvalue weighted by Gasteiger charge is 2.07. The van der Waals surface area contributed by atoms with Crippen molar-refractivity contribution in [1.82, 2.24) is 0 Å². The van der Waals surface area contributed by atoms with Crippen LogP contribution in [-0.2, 0) is 0 Å². The van der Waals surface area contributed by atoms with E-state index < -0.39 is 0 Å². The molecular weight excluding hydrogens is 250 g/mol. The maximum atomic E-state index is 5.96. The highest BCUT2D eigenvalue weighted by atomic mass is 35.5. The molecule has 2 N–H and O–H groups in total. The lowest BCUT2D eigenvalue weighted by atomic mass is 10.1. The molecule has 0 fully saturated rings. The van der Waals surface area contributed by atoms with Gasteiger partial charge in [-0.15, -0.1) is 0 Å². The molecule has 17 heavy (non-hydrogen) atoms. The molecule has 1 nitrogen and oxygen atoms in total. The molecule has 0 heterocycles. The van der Waals surface area contributed by atoms with E-state index in [1.807, 2.05) is 43.3 Å². The quantitative estimate of drug-likeness (QED) is 0.882. The van der Waals surface area contributed by atoms with Crippen molar-refractivity contribution >= 4 is 23.4 Å². The van der Waals surface area contributed by atoms with Crippen molar-refractivity contribution in [2.24, 2.45) is 5.73 Å². The monoisotopic (exact) mass is 263 g/mol. The lowest BCUT2D eigenvalue weighted by Crippen LogP contribution is -2.05. The third-order valence-corrected chi connectivity index (χ3v) is 3.80. The SMILES string of the molecule is CC(N)c1ccccc1Sc1ccc(Cl)cc1. The standard InChI is InChI=1S/C14H14ClNS/c1-10(16)13-4-2-3-5-14(13)17-12-8-6-11(15)7-9-12/h2-10H,16H2,1H3. The Morgan fingerprint density at radius 2 is 1.71 bits per heavy atom. The molecule has 2 aromatic carbocycles. The summed E-state index contributed by atoms with van der Waals surface area (Å²) in [6.07, 6.45) is 0. The van der Waals surface area contributed by atoms with Crippen LogP contribution in [0.15, 0.2) is 58.3 Å². The van der Waals surface area contributed by atoms with Gasteiger partial charge in [0.25, 0.3) is 0 Å². The maximum Gasteiger partial charge on any atom is 0.0406 e. The molecule has 0 aliphatic heterocycles. The molecule has 0 aliphatic rings. The third-order valence-electron chi connectivity index (χ3n) is 2.45. The van der Waals surface area contributed by atoms with Crippen molar-refractivity contribution in [2.45, 2.75) is 22.8 Å². The van der Waals surface area contributed by atoms with Crippen LogP contribution in [0.5, 0.6) is 0 Å². The van der Waals surface area contributed by atoms with E-state index in [0.29, 0.717) is 0 Å². The van der Waals surface area contributed by atoms with E-state index in [1.165, 1.54) is 15.4 Å². The first-order chi connectivity index (χ1) is 8.16. The Balaban J connectivity index is 2.26. The topological polar surface area (TPSA) is 26.0 Å². The second-order valence-electron chi connectivity index (χ2n) is 3.88. The molecule has 1 atom stereocenters. The molecule has 0 bridgehead atoms. The Morgan fingerprint density at radius 3 is 2.35 bits per heavy atom. The Labute approximate surface area is 111 Å². The first kappa shape index (κ1) is 12.5. The average molecular weight is 264 g/mol. The van der Waals surface area contributed by atoms with Crippen LogP contribution in [-0.4, -0.2) is 0 Å². The van der Waals surface area contributed by atoms with Crippen molar-refractivity contribution < 1.29 is 0 Å². The van der Waals surface area contributed by atoms with Crippen LogP contribution >= 0.6 is 23.4 Å².